The van der Waals surface area contributed by atoms with Gasteiger partial charge in [-0.15, -0.1) is 0 Å². The standard InChI is InChI=1S/C22H17ClO3.2C22H18O3/c1-14-3-7-16(8-4-14)21(24)19-12-11-18(13-20(19)23)26-22(25)17-9-5-15(2)6-10-17;2*1-15-3-7-17(8-4-15)21(23)18-11-13-20(14-12-18)25-22(24)19-9-5-16(2)6-10-19/h3-13H,1-2H3;2*3-14H,1-2H3. The Morgan fingerprint density at radius 1 is 0.263 bits per heavy atom. The van der Waals surface area contributed by atoms with Crippen LogP contribution < -0.4 is 14.2 Å². The van der Waals surface area contributed by atoms with Gasteiger partial charge in [0.25, 0.3) is 0 Å². The van der Waals surface area contributed by atoms with Crippen molar-refractivity contribution in [3.63, 3.8) is 0 Å². The van der Waals surface area contributed by atoms with E-state index in [1.165, 1.54) is 6.07 Å². The second-order valence-corrected chi connectivity index (χ2v) is 18.4. The molecule has 0 unspecified atom stereocenters. The summed E-state index contributed by atoms with van der Waals surface area (Å²) in [6, 6.07) is 61.4. The largest absolute Gasteiger partial charge is 0.423 e. The number of aryl methyl sites for hydroxylation is 6. The third kappa shape index (κ3) is 15.1. The fraction of sp³-hybridized carbons (Fsp3) is 0.0909. The van der Waals surface area contributed by atoms with Crippen molar-refractivity contribution >= 4 is 46.9 Å². The number of esters is 3. The lowest BCUT2D eigenvalue weighted by atomic mass is 10.0. The van der Waals surface area contributed by atoms with E-state index in [-0.39, 0.29) is 22.4 Å². The summed E-state index contributed by atoms with van der Waals surface area (Å²) in [5, 5.41) is 0.241. The SMILES string of the molecule is Cc1ccc(C(=O)Oc2ccc(C(=O)c3ccc(C)cc3)c(Cl)c2)cc1.Cc1ccc(C(=O)Oc2ccc(C(=O)c3ccc(C)cc3)cc2)cc1.Cc1ccc(C(=O)Oc2ccc(C(=O)c3ccc(C)cc3)cc2)cc1. The van der Waals surface area contributed by atoms with Gasteiger partial charge < -0.3 is 14.2 Å². The van der Waals surface area contributed by atoms with Gasteiger partial charge in [0.05, 0.1) is 21.7 Å². The summed E-state index contributed by atoms with van der Waals surface area (Å²) in [4.78, 5) is 73.8. The maximum absolute atomic E-state index is 12.6. The van der Waals surface area contributed by atoms with Crippen LogP contribution in [0.4, 0.5) is 0 Å². The molecule has 9 aromatic carbocycles. The molecule has 0 bridgehead atoms. The summed E-state index contributed by atoms with van der Waals surface area (Å²) in [5.41, 5.74) is 11.2. The van der Waals surface area contributed by atoms with Gasteiger partial charge in [-0.2, -0.15) is 0 Å². The van der Waals surface area contributed by atoms with Gasteiger partial charge in [0.1, 0.15) is 17.2 Å². The fourth-order valence-corrected chi connectivity index (χ4v) is 7.52. The molecule has 9 aromatic rings. The van der Waals surface area contributed by atoms with Gasteiger partial charge in [0.15, 0.2) is 17.3 Å². The molecule has 0 heterocycles. The maximum atomic E-state index is 12.6. The number of ether oxygens (including phenoxy) is 3. The van der Waals surface area contributed by atoms with E-state index in [1.807, 2.05) is 139 Å². The molecule has 0 amide bonds. The summed E-state index contributed by atoms with van der Waals surface area (Å²) >= 11 is 6.24. The Morgan fingerprint density at radius 3 is 0.737 bits per heavy atom. The van der Waals surface area contributed by atoms with E-state index in [0.717, 1.165) is 33.4 Å². The maximum Gasteiger partial charge on any atom is 0.343 e. The number of benzene rings is 9. The summed E-state index contributed by atoms with van der Waals surface area (Å²) in [6.45, 7) is 11.8. The Hall–Kier alpha value is -9.31. The van der Waals surface area contributed by atoms with Crippen LogP contribution >= 0.6 is 11.6 Å². The first-order valence-corrected chi connectivity index (χ1v) is 24.6. The molecule has 0 radical (unpaired) electrons. The van der Waals surface area contributed by atoms with Crippen LogP contribution in [0.5, 0.6) is 17.2 Å². The molecular formula is C66H53ClO9. The minimum absolute atomic E-state index is 0.0589. The number of ketones is 3. The van der Waals surface area contributed by atoms with Crippen molar-refractivity contribution < 1.29 is 43.0 Å². The average Bonchev–Trinajstić information content (AvgIpc) is 3.42. The van der Waals surface area contributed by atoms with E-state index in [0.29, 0.717) is 67.3 Å². The van der Waals surface area contributed by atoms with Gasteiger partial charge in [0.2, 0.25) is 0 Å². The van der Waals surface area contributed by atoms with Crippen LogP contribution in [0.3, 0.4) is 0 Å². The lowest BCUT2D eigenvalue weighted by Crippen LogP contribution is -2.09. The van der Waals surface area contributed by atoms with Crippen molar-refractivity contribution in [2.24, 2.45) is 0 Å². The first kappa shape index (κ1) is 54.5. The predicted molar refractivity (Wildman–Crippen MR) is 297 cm³/mol. The molecule has 0 aliphatic rings. The minimum atomic E-state index is -0.473. The smallest absolute Gasteiger partial charge is 0.343 e. The number of hydrogen-bond acceptors (Lipinski definition) is 9. The third-order valence-corrected chi connectivity index (χ3v) is 12.2. The lowest BCUT2D eigenvalue weighted by Gasteiger charge is -2.08. The van der Waals surface area contributed by atoms with E-state index >= 15 is 0 Å². The molecule has 0 spiro atoms. The van der Waals surface area contributed by atoms with Crippen LogP contribution in [0.15, 0.2) is 212 Å². The van der Waals surface area contributed by atoms with Crippen molar-refractivity contribution in [3.8, 4) is 17.2 Å². The second-order valence-electron chi connectivity index (χ2n) is 18.0. The Bertz CT molecular complexity index is 3340. The highest BCUT2D eigenvalue weighted by Gasteiger charge is 2.17. The predicted octanol–water partition coefficient (Wildman–Crippen LogP) is 14.9. The summed E-state index contributed by atoms with van der Waals surface area (Å²) < 4.78 is 16.0. The van der Waals surface area contributed by atoms with Gasteiger partial charge in [-0.1, -0.05) is 154 Å². The Morgan fingerprint density at radius 2 is 0.474 bits per heavy atom. The highest BCUT2D eigenvalue weighted by atomic mass is 35.5. The van der Waals surface area contributed by atoms with Gasteiger partial charge in [-0.05, 0) is 139 Å². The molecule has 0 aliphatic carbocycles. The Balaban J connectivity index is 0.000000166. The first-order chi connectivity index (χ1) is 36.5. The zero-order chi connectivity index (χ0) is 54.3. The molecule has 0 fully saturated rings. The van der Waals surface area contributed by atoms with Gasteiger partial charge >= 0.3 is 17.9 Å². The number of halogens is 1. The molecule has 0 aromatic heterocycles. The molecular weight excluding hydrogens is 972 g/mol. The van der Waals surface area contributed by atoms with Crippen molar-refractivity contribution in [1.29, 1.82) is 0 Å². The van der Waals surface area contributed by atoms with E-state index in [9.17, 15) is 28.8 Å². The van der Waals surface area contributed by atoms with E-state index < -0.39 is 17.9 Å². The van der Waals surface area contributed by atoms with Crippen LogP contribution in [-0.4, -0.2) is 35.3 Å². The average molecular weight is 1030 g/mol. The summed E-state index contributed by atoms with van der Waals surface area (Å²) in [5.74, 6) is -0.494. The first-order valence-electron chi connectivity index (χ1n) is 24.2. The minimum Gasteiger partial charge on any atom is -0.423 e. The molecule has 0 saturated heterocycles. The quantitative estimate of drug-likeness (QED) is 0.0667. The molecule has 378 valence electrons. The van der Waals surface area contributed by atoms with Gasteiger partial charge in [-0.3, -0.25) is 14.4 Å². The molecule has 0 N–H and O–H groups in total. The van der Waals surface area contributed by atoms with E-state index in [1.54, 1.807) is 109 Å². The number of carbonyl (C=O) groups is 6. The highest BCUT2D eigenvalue weighted by molar-refractivity contribution is 6.35. The van der Waals surface area contributed by atoms with E-state index in [2.05, 4.69) is 0 Å². The fourth-order valence-electron chi connectivity index (χ4n) is 7.26. The zero-order valence-corrected chi connectivity index (χ0v) is 43.5. The van der Waals surface area contributed by atoms with Crippen LogP contribution in [0.2, 0.25) is 5.02 Å². The van der Waals surface area contributed by atoms with Crippen LogP contribution in [0, 0.1) is 41.5 Å². The topological polar surface area (TPSA) is 130 Å². The number of hydrogen-bond donors (Lipinski definition) is 0. The summed E-state index contributed by atoms with van der Waals surface area (Å²) in [6.07, 6.45) is 0. The number of rotatable bonds is 12. The second kappa shape index (κ2) is 25.6. The monoisotopic (exact) mass is 1020 g/mol. The molecule has 0 saturated carbocycles. The van der Waals surface area contributed by atoms with Crippen molar-refractivity contribution in [1.82, 2.24) is 0 Å². The van der Waals surface area contributed by atoms with Crippen molar-refractivity contribution in [2.75, 3.05) is 0 Å². The van der Waals surface area contributed by atoms with Gasteiger partial charge in [-0.25, -0.2) is 14.4 Å². The molecule has 9 nitrogen and oxygen atoms in total. The van der Waals surface area contributed by atoms with Crippen LogP contribution in [-0.2, 0) is 0 Å². The Labute approximate surface area is 447 Å². The molecule has 9 rings (SSSR count). The third-order valence-electron chi connectivity index (χ3n) is 11.9. The molecule has 0 atom stereocenters. The zero-order valence-electron chi connectivity index (χ0n) is 42.8. The van der Waals surface area contributed by atoms with Crippen molar-refractivity contribution in [3.05, 3.63) is 301 Å². The van der Waals surface area contributed by atoms with Gasteiger partial charge in [0, 0.05) is 39.4 Å². The molecule has 76 heavy (non-hydrogen) atoms. The highest BCUT2D eigenvalue weighted by Crippen LogP contribution is 2.26. The van der Waals surface area contributed by atoms with Crippen LogP contribution in [0.1, 0.15) is 112 Å². The van der Waals surface area contributed by atoms with Crippen molar-refractivity contribution in [2.45, 2.75) is 41.5 Å². The lowest BCUT2D eigenvalue weighted by molar-refractivity contribution is 0.0725. The normalized spacial score (nSPS) is 10.4. The Kier molecular flexibility index (Phi) is 18.3. The molecule has 10 heteroatoms. The molecule has 0 aliphatic heterocycles. The van der Waals surface area contributed by atoms with E-state index in [4.69, 9.17) is 25.8 Å². The summed E-state index contributed by atoms with van der Waals surface area (Å²) in [7, 11) is 0. The van der Waals surface area contributed by atoms with Crippen LogP contribution in [0.25, 0.3) is 0 Å². The number of carbonyl (C=O) groups excluding carboxylic acids is 6.